The first kappa shape index (κ1) is 13.5. The first-order chi connectivity index (χ1) is 9.65. The van der Waals surface area contributed by atoms with Gasteiger partial charge in [-0.2, -0.15) is 0 Å². The average Bonchev–Trinajstić information content (AvgIpc) is 3.31. The molecule has 1 aliphatic heterocycles. The molecule has 1 aromatic carbocycles. The first-order valence-corrected chi connectivity index (χ1v) is 7.79. The van der Waals surface area contributed by atoms with E-state index >= 15 is 0 Å². The Bertz CT molecular complexity index is 468. The smallest absolute Gasteiger partial charge is 0.225 e. The maximum atomic E-state index is 12.0. The van der Waals surface area contributed by atoms with Gasteiger partial charge < -0.3 is 9.80 Å². The van der Waals surface area contributed by atoms with Crippen LogP contribution in [0, 0.1) is 5.92 Å². The van der Waals surface area contributed by atoms with E-state index in [2.05, 4.69) is 47.9 Å². The van der Waals surface area contributed by atoms with Crippen LogP contribution in [-0.4, -0.2) is 37.0 Å². The van der Waals surface area contributed by atoms with E-state index in [9.17, 15) is 4.79 Å². The van der Waals surface area contributed by atoms with E-state index < -0.39 is 0 Å². The lowest BCUT2D eigenvalue weighted by molar-refractivity contribution is -0.132. The van der Waals surface area contributed by atoms with E-state index in [1.807, 2.05) is 0 Å². The Morgan fingerprint density at radius 3 is 2.15 bits per heavy atom. The van der Waals surface area contributed by atoms with Gasteiger partial charge in [0.2, 0.25) is 5.91 Å². The highest BCUT2D eigenvalue weighted by Crippen LogP contribution is 2.31. The molecule has 0 radical (unpaired) electrons. The predicted octanol–water partition coefficient (Wildman–Crippen LogP) is 2.87. The van der Waals surface area contributed by atoms with E-state index in [0.29, 0.717) is 17.7 Å². The zero-order chi connectivity index (χ0) is 14.1. The lowest BCUT2D eigenvalue weighted by Crippen LogP contribution is -2.49. The third-order valence-electron chi connectivity index (χ3n) is 4.44. The van der Waals surface area contributed by atoms with Crippen LogP contribution in [-0.2, 0) is 4.79 Å². The molecule has 1 saturated heterocycles. The molecule has 3 rings (SSSR count). The van der Waals surface area contributed by atoms with Gasteiger partial charge in [0.15, 0.2) is 0 Å². The van der Waals surface area contributed by atoms with Crippen molar-refractivity contribution in [2.24, 2.45) is 5.92 Å². The largest absolute Gasteiger partial charge is 0.368 e. The fraction of sp³-hybridized carbons (Fsp3) is 0.588. The number of benzene rings is 1. The van der Waals surface area contributed by atoms with E-state index in [1.54, 1.807) is 0 Å². The SMILES string of the molecule is CC(C)c1ccc(N2CCN(C(=O)C3CC3)CC2)cc1. The van der Waals surface area contributed by atoms with Crippen molar-refractivity contribution in [3.63, 3.8) is 0 Å². The molecule has 0 N–H and O–H groups in total. The van der Waals surface area contributed by atoms with Crippen molar-refractivity contribution in [3.8, 4) is 0 Å². The lowest BCUT2D eigenvalue weighted by Gasteiger charge is -2.36. The normalized spacial score (nSPS) is 19.6. The van der Waals surface area contributed by atoms with Crippen LogP contribution in [0.3, 0.4) is 0 Å². The minimum atomic E-state index is 0.354. The molecule has 0 aromatic heterocycles. The van der Waals surface area contributed by atoms with Crippen molar-refractivity contribution in [2.45, 2.75) is 32.6 Å². The fourth-order valence-corrected chi connectivity index (χ4v) is 2.84. The average molecular weight is 272 g/mol. The molecular weight excluding hydrogens is 248 g/mol. The van der Waals surface area contributed by atoms with Gasteiger partial charge in [-0.1, -0.05) is 26.0 Å². The third-order valence-corrected chi connectivity index (χ3v) is 4.44. The standard InChI is InChI=1S/C17H24N2O/c1-13(2)14-5-7-16(8-6-14)18-9-11-19(12-10-18)17(20)15-3-4-15/h5-8,13,15H,3-4,9-12H2,1-2H3. The van der Waals surface area contributed by atoms with Gasteiger partial charge in [0.1, 0.15) is 0 Å². The van der Waals surface area contributed by atoms with E-state index in [4.69, 9.17) is 0 Å². The highest BCUT2D eigenvalue weighted by atomic mass is 16.2. The molecule has 20 heavy (non-hydrogen) atoms. The van der Waals surface area contributed by atoms with Gasteiger partial charge in [0.25, 0.3) is 0 Å². The quantitative estimate of drug-likeness (QED) is 0.844. The predicted molar refractivity (Wildman–Crippen MR) is 82.0 cm³/mol. The number of carbonyl (C=O) groups is 1. The van der Waals surface area contributed by atoms with Crippen LogP contribution in [0.4, 0.5) is 5.69 Å². The van der Waals surface area contributed by atoms with Crippen LogP contribution in [0.5, 0.6) is 0 Å². The van der Waals surface area contributed by atoms with Gasteiger partial charge in [-0.05, 0) is 36.5 Å². The minimum Gasteiger partial charge on any atom is -0.368 e. The van der Waals surface area contributed by atoms with Crippen molar-refractivity contribution in [1.82, 2.24) is 4.90 Å². The van der Waals surface area contributed by atoms with Crippen molar-refractivity contribution in [2.75, 3.05) is 31.1 Å². The van der Waals surface area contributed by atoms with Crippen LogP contribution >= 0.6 is 0 Å². The lowest BCUT2D eigenvalue weighted by atomic mass is 10.0. The van der Waals surface area contributed by atoms with Crippen LogP contribution in [0.1, 0.15) is 38.2 Å². The molecule has 0 spiro atoms. The second-order valence-corrected chi connectivity index (χ2v) is 6.33. The molecular formula is C17H24N2O. The Balaban J connectivity index is 1.58. The number of nitrogens with zero attached hydrogens (tertiary/aromatic N) is 2. The summed E-state index contributed by atoms with van der Waals surface area (Å²) < 4.78 is 0. The first-order valence-electron chi connectivity index (χ1n) is 7.79. The summed E-state index contributed by atoms with van der Waals surface area (Å²) in [5.74, 6) is 1.32. The van der Waals surface area contributed by atoms with E-state index in [-0.39, 0.29) is 0 Å². The minimum absolute atomic E-state index is 0.354. The monoisotopic (exact) mass is 272 g/mol. The summed E-state index contributed by atoms with van der Waals surface area (Å²) in [7, 11) is 0. The second kappa shape index (κ2) is 5.47. The third kappa shape index (κ3) is 2.82. The number of amides is 1. The summed E-state index contributed by atoms with van der Waals surface area (Å²) in [6, 6.07) is 8.88. The molecule has 3 nitrogen and oxygen atoms in total. The van der Waals surface area contributed by atoms with Gasteiger partial charge in [0, 0.05) is 37.8 Å². The number of hydrogen-bond acceptors (Lipinski definition) is 2. The zero-order valence-electron chi connectivity index (χ0n) is 12.5. The Labute approximate surface area is 121 Å². The molecule has 1 heterocycles. The summed E-state index contributed by atoms with van der Waals surface area (Å²) in [5, 5.41) is 0. The molecule has 2 fully saturated rings. The molecule has 0 bridgehead atoms. The van der Waals surface area contributed by atoms with Gasteiger partial charge in [0.05, 0.1) is 0 Å². The second-order valence-electron chi connectivity index (χ2n) is 6.33. The maximum Gasteiger partial charge on any atom is 0.225 e. The van der Waals surface area contributed by atoms with Gasteiger partial charge in [-0.3, -0.25) is 4.79 Å². The molecule has 1 aromatic rings. The molecule has 1 aliphatic carbocycles. The number of piperazine rings is 1. The number of carbonyl (C=O) groups excluding carboxylic acids is 1. The van der Waals surface area contributed by atoms with Crippen LogP contribution in [0.25, 0.3) is 0 Å². The van der Waals surface area contributed by atoms with Gasteiger partial charge >= 0.3 is 0 Å². The number of anilines is 1. The Kier molecular flexibility index (Phi) is 3.68. The zero-order valence-corrected chi connectivity index (χ0v) is 12.5. The molecule has 3 heteroatoms. The number of rotatable bonds is 3. The molecule has 0 unspecified atom stereocenters. The van der Waals surface area contributed by atoms with Crippen molar-refractivity contribution < 1.29 is 4.79 Å². The summed E-state index contributed by atoms with van der Waals surface area (Å²) in [5.41, 5.74) is 2.67. The number of hydrogen-bond donors (Lipinski definition) is 0. The Morgan fingerprint density at radius 1 is 1.05 bits per heavy atom. The summed E-state index contributed by atoms with van der Waals surface area (Å²) in [4.78, 5) is 16.5. The van der Waals surface area contributed by atoms with E-state index in [1.165, 1.54) is 11.3 Å². The summed E-state index contributed by atoms with van der Waals surface area (Å²) >= 11 is 0. The molecule has 1 saturated carbocycles. The molecule has 1 amide bonds. The maximum absolute atomic E-state index is 12.0. The highest BCUT2D eigenvalue weighted by molar-refractivity contribution is 5.81. The summed E-state index contributed by atoms with van der Waals surface area (Å²) in [6.07, 6.45) is 2.21. The fourth-order valence-electron chi connectivity index (χ4n) is 2.84. The van der Waals surface area contributed by atoms with Crippen LogP contribution in [0.15, 0.2) is 24.3 Å². The molecule has 108 valence electrons. The summed E-state index contributed by atoms with van der Waals surface area (Å²) in [6.45, 7) is 8.11. The van der Waals surface area contributed by atoms with Crippen molar-refractivity contribution >= 4 is 11.6 Å². The van der Waals surface area contributed by atoms with Crippen molar-refractivity contribution in [1.29, 1.82) is 0 Å². The van der Waals surface area contributed by atoms with Gasteiger partial charge in [-0.15, -0.1) is 0 Å². The van der Waals surface area contributed by atoms with Crippen molar-refractivity contribution in [3.05, 3.63) is 29.8 Å². The van der Waals surface area contributed by atoms with Crippen LogP contribution in [0.2, 0.25) is 0 Å². The van der Waals surface area contributed by atoms with Crippen LogP contribution < -0.4 is 4.90 Å². The topological polar surface area (TPSA) is 23.6 Å². The molecule has 2 aliphatic rings. The van der Waals surface area contributed by atoms with Gasteiger partial charge in [-0.25, -0.2) is 0 Å². The highest BCUT2D eigenvalue weighted by Gasteiger charge is 2.34. The Morgan fingerprint density at radius 2 is 1.65 bits per heavy atom. The Hall–Kier alpha value is -1.51. The van der Waals surface area contributed by atoms with E-state index in [0.717, 1.165) is 39.0 Å². The molecule has 0 atom stereocenters.